The van der Waals surface area contributed by atoms with E-state index in [2.05, 4.69) is 16.8 Å². The van der Waals surface area contributed by atoms with Gasteiger partial charge in [0.2, 0.25) is 0 Å². The van der Waals surface area contributed by atoms with Crippen molar-refractivity contribution in [2.45, 2.75) is 68.7 Å². The quantitative estimate of drug-likeness (QED) is 0.686. The summed E-state index contributed by atoms with van der Waals surface area (Å²) in [7, 11) is 0. The molecule has 142 valence electrons. The number of carbonyl (C=O) groups is 1. The molecule has 2 aliphatic heterocycles. The van der Waals surface area contributed by atoms with E-state index in [0.29, 0.717) is 12.6 Å². The molecule has 3 aliphatic rings. The number of rotatable bonds is 2. The fourth-order valence-electron chi connectivity index (χ4n) is 3.40. The lowest BCUT2D eigenvalue weighted by Crippen LogP contribution is -2.57. The maximum Gasteiger partial charge on any atom is 0.490 e. The smallest absolute Gasteiger partial charge is 0.475 e. The average molecular weight is 364 g/mol. The van der Waals surface area contributed by atoms with Crippen LogP contribution in [0.25, 0.3) is 0 Å². The molecule has 2 atom stereocenters. The van der Waals surface area contributed by atoms with Crippen molar-refractivity contribution in [1.82, 2.24) is 15.9 Å². The first kappa shape index (κ1) is 19.9. The third-order valence-corrected chi connectivity index (χ3v) is 4.79. The fraction of sp³-hybridized carbons (Fsp3) is 0.867. The number of hydroxylamine groups is 1. The molecule has 0 radical (unpaired) electrons. The third-order valence-electron chi connectivity index (χ3n) is 4.79. The first-order chi connectivity index (χ1) is 11.8. The molecule has 1 saturated carbocycles. The van der Waals surface area contributed by atoms with E-state index < -0.39 is 17.7 Å². The van der Waals surface area contributed by atoms with Crippen LogP contribution in [-0.4, -0.2) is 53.2 Å². The van der Waals surface area contributed by atoms with Gasteiger partial charge in [-0.2, -0.15) is 18.4 Å². The number of halogens is 3. The lowest BCUT2D eigenvalue weighted by molar-refractivity contribution is -0.192. The number of nitrogens with zero attached hydrogens (tertiary/aromatic N) is 2. The van der Waals surface area contributed by atoms with Crippen molar-refractivity contribution < 1.29 is 27.9 Å². The Hall–Kier alpha value is -1.41. The summed E-state index contributed by atoms with van der Waals surface area (Å²) < 4.78 is 31.7. The van der Waals surface area contributed by atoms with E-state index in [1.807, 2.05) is 5.17 Å². The number of nitriles is 1. The topological polar surface area (TPSA) is 97.6 Å². The molecule has 3 rings (SSSR count). The molecule has 10 heteroatoms. The highest BCUT2D eigenvalue weighted by molar-refractivity contribution is 5.73. The number of carboxylic acids is 1. The normalized spacial score (nSPS) is 31.2. The fourth-order valence-corrected chi connectivity index (χ4v) is 3.40. The Morgan fingerprint density at radius 3 is 2.40 bits per heavy atom. The molecule has 0 bridgehead atoms. The number of carboxylic acid groups (broad SMARTS) is 1. The zero-order valence-corrected chi connectivity index (χ0v) is 13.8. The van der Waals surface area contributed by atoms with Gasteiger partial charge in [0.05, 0.1) is 24.8 Å². The monoisotopic (exact) mass is 364 g/mol. The summed E-state index contributed by atoms with van der Waals surface area (Å²) >= 11 is 0. The Kier molecular flexibility index (Phi) is 6.62. The lowest BCUT2D eigenvalue weighted by Gasteiger charge is -2.31. The summed E-state index contributed by atoms with van der Waals surface area (Å²) in [6, 6.07) is 3.04. The minimum atomic E-state index is -5.08. The first-order valence-corrected chi connectivity index (χ1v) is 8.43. The molecule has 25 heavy (non-hydrogen) atoms. The van der Waals surface area contributed by atoms with Crippen molar-refractivity contribution in [3.8, 4) is 6.07 Å². The summed E-state index contributed by atoms with van der Waals surface area (Å²) in [6.45, 7) is 1.55. The molecule has 0 spiro atoms. The summed E-state index contributed by atoms with van der Waals surface area (Å²) in [6.07, 6.45) is 3.24. The molecular formula is C15H23F3N4O3. The number of hydrazine groups is 1. The van der Waals surface area contributed by atoms with Crippen LogP contribution in [0.2, 0.25) is 0 Å². The molecule has 2 saturated heterocycles. The van der Waals surface area contributed by atoms with Gasteiger partial charge >= 0.3 is 12.1 Å². The molecular weight excluding hydrogens is 341 g/mol. The van der Waals surface area contributed by atoms with Crippen molar-refractivity contribution in [3.63, 3.8) is 0 Å². The van der Waals surface area contributed by atoms with Gasteiger partial charge in [0.25, 0.3) is 0 Å². The van der Waals surface area contributed by atoms with Gasteiger partial charge in [-0.05, 0) is 32.2 Å². The third kappa shape index (κ3) is 5.04. The maximum atomic E-state index is 10.6. The number of hydrogen-bond acceptors (Lipinski definition) is 6. The maximum absolute atomic E-state index is 10.6. The van der Waals surface area contributed by atoms with Crippen LogP contribution in [0.3, 0.4) is 0 Å². The number of alkyl halides is 3. The Balaban J connectivity index is 0.000000277. The molecule has 7 nitrogen and oxygen atoms in total. The lowest BCUT2D eigenvalue weighted by atomic mass is 9.91. The first-order valence-electron chi connectivity index (χ1n) is 8.43. The van der Waals surface area contributed by atoms with Crippen LogP contribution in [0.1, 0.15) is 44.9 Å². The van der Waals surface area contributed by atoms with Crippen LogP contribution in [-0.2, 0) is 9.63 Å². The Morgan fingerprint density at radius 1 is 1.28 bits per heavy atom. The van der Waals surface area contributed by atoms with E-state index >= 15 is 0 Å². The van der Waals surface area contributed by atoms with Crippen LogP contribution in [0.5, 0.6) is 0 Å². The van der Waals surface area contributed by atoms with Crippen LogP contribution in [0, 0.1) is 11.3 Å². The highest BCUT2D eigenvalue weighted by atomic mass is 19.4. The zero-order valence-electron chi connectivity index (χ0n) is 13.8. The van der Waals surface area contributed by atoms with Gasteiger partial charge in [-0.3, -0.25) is 10.2 Å². The number of hydrogen-bond donors (Lipinski definition) is 3. The van der Waals surface area contributed by atoms with E-state index in [1.165, 1.54) is 32.1 Å². The van der Waals surface area contributed by atoms with Gasteiger partial charge in [0.1, 0.15) is 5.54 Å². The SMILES string of the molecule is N#CC1(C2CON(C3CCCCC3)N2)CCCN1.O=C(O)C(F)(F)F. The predicted octanol–water partition coefficient (Wildman–Crippen LogP) is 1.72. The molecule has 1 aliphatic carbocycles. The average Bonchev–Trinajstić information content (AvgIpc) is 3.25. The summed E-state index contributed by atoms with van der Waals surface area (Å²) in [5, 5.41) is 21.9. The number of nitrogens with one attached hydrogen (secondary N) is 2. The summed E-state index contributed by atoms with van der Waals surface area (Å²) in [5.41, 5.74) is 2.99. The Labute approximate surface area is 144 Å². The van der Waals surface area contributed by atoms with E-state index in [-0.39, 0.29) is 6.04 Å². The molecule has 3 fully saturated rings. The minimum Gasteiger partial charge on any atom is -0.475 e. The molecule has 2 heterocycles. The van der Waals surface area contributed by atoms with Crippen molar-refractivity contribution in [2.24, 2.45) is 0 Å². The second-order valence-electron chi connectivity index (χ2n) is 6.51. The second kappa shape index (κ2) is 8.31. The molecule has 0 amide bonds. The van der Waals surface area contributed by atoms with Gasteiger partial charge in [0.15, 0.2) is 0 Å². The van der Waals surface area contributed by atoms with E-state index in [4.69, 9.17) is 14.7 Å². The summed E-state index contributed by atoms with van der Waals surface area (Å²) in [5.74, 6) is -2.76. The van der Waals surface area contributed by atoms with E-state index in [1.54, 1.807) is 0 Å². The van der Waals surface area contributed by atoms with Gasteiger partial charge in [-0.1, -0.05) is 19.3 Å². The van der Waals surface area contributed by atoms with Gasteiger partial charge < -0.3 is 5.11 Å². The van der Waals surface area contributed by atoms with Crippen LogP contribution in [0.15, 0.2) is 0 Å². The number of aliphatic carboxylic acids is 1. The summed E-state index contributed by atoms with van der Waals surface area (Å²) in [4.78, 5) is 14.7. The molecule has 3 N–H and O–H groups in total. The van der Waals surface area contributed by atoms with Crippen molar-refractivity contribution in [3.05, 3.63) is 0 Å². The van der Waals surface area contributed by atoms with Crippen molar-refractivity contribution >= 4 is 5.97 Å². The van der Waals surface area contributed by atoms with E-state index in [0.717, 1.165) is 19.4 Å². The minimum absolute atomic E-state index is 0.0897. The largest absolute Gasteiger partial charge is 0.490 e. The van der Waals surface area contributed by atoms with Gasteiger partial charge in [0, 0.05) is 0 Å². The van der Waals surface area contributed by atoms with Crippen LogP contribution in [0.4, 0.5) is 13.2 Å². The zero-order chi connectivity index (χ0) is 18.5. The molecule has 0 aromatic heterocycles. The molecule has 2 unspecified atom stereocenters. The standard InChI is InChI=1S/C13H22N4O.C2HF3O2/c14-10-13(7-4-8-15-13)12-9-18-17(16-12)11-5-2-1-3-6-11;3-2(4,5)1(6)7/h11-12,15-16H,1-9H2;(H,6,7). The second-order valence-corrected chi connectivity index (χ2v) is 6.51. The highest BCUT2D eigenvalue weighted by Gasteiger charge is 2.46. The molecule has 0 aromatic rings. The highest BCUT2D eigenvalue weighted by Crippen LogP contribution is 2.29. The molecule has 0 aromatic carbocycles. The van der Waals surface area contributed by atoms with Gasteiger partial charge in [-0.25, -0.2) is 10.2 Å². The van der Waals surface area contributed by atoms with E-state index in [9.17, 15) is 18.4 Å². The van der Waals surface area contributed by atoms with Crippen molar-refractivity contribution in [2.75, 3.05) is 13.2 Å². The van der Waals surface area contributed by atoms with Crippen LogP contribution < -0.4 is 10.7 Å². The Bertz CT molecular complexity index is 497. The predicted molar refractivity (Wildman–Crippen MR) is 80.9 cm³/mol. The van der Waals surface area contributed by atoms with Crippen molar-refractivity contribution in [1.29, 1.82) is 5.26 Å². The Morgan fingerprint density at radius 2 is 1.92 bits per heavy atom. The van der Waals surface area contributed by atoms with Gasteiger partial charge in [-0.15, -0.1) is 5.17 Å². The van der Waals surface area contributed by atoms with Crippen LogP contribution >= 0.6 is 0 Å².